The monoisotopic (exact) mass is 302 g/mol. The predicted molar refractivity (Wildman–Crippen MR) is 69.9 cm³/mol. The number of ketones is 1. The molecule has 0 fully saturated rings. The molecular weight excluding hydrogens is 288 g/mol. The van der Waals surface area contributed by atoms with Crippen LogP contribution in [-0.4, -0.2) is 15.7 Å². The van der Waals surface area contributed by atoms with Crippen LogP contribution in [0, 0.1) is 5.92 Å². The summed E-state index contributed by atoms with van der Waals surface area (Å²) in [5.41, 5.74) is 0. The molecule has 0 amide bonds. The fraction of sp³-hybridized carbons (Fsp3) is 0.417. The van der Waals surface area contributed by atoms with E-state index in [2.05, 4.69) is 15.9 Å². The van der Waals surface area contributed by atoms with Gasteiger partial charge in [-0.1, -0.05) is 29.8 Å². The van der Waals surface area contributed by atoms with Gasteiger partial charge < -0.3 is 0 Å². The molecule has 0 N–H and O–H groups in total. The van der Waals surface area contributed by atoms with Gasteiger partial charge in [0.1, 0.15) is 5.78 Å². The second-order valence-electron chi connectivity index (χ2n) is 3.72. The Morgan fingerprint density at radius 2 is 1.94 bits per heavy atom. The minimum absolute atomic E-state index is 0.000557. The van der Waals surface area contributed by atoms with Crippen molar-refractivity contribution in [1.82, 2.24) is 0 Å². The molecule has 2 unspecified atom stereocenters. The first-order valence-electron chi connectivity index (χ1n) is 5.21. The van der Waals surface area contributed by atoms with E-state index in [1.807, 2.05) is 26.0 Å². The van der Waals surface area contributed by atoms with Gasteiger partial charge in [0.2, 0.25) is 0 Å². The second-order valence-corrected chi connectivity index (χ2v) is 6.09. The van der Waals surface area contributed by atoms with Crippen molar-refractivity contribution < 1.29 is 9.00 Å². The maximum absolute atomic E-state index is 11.9. The van der Waals surface area contributed by atoms with Gasteiger partial charge in [-0.2, -0.15) is 0 Å². The van der Waals surface area contributed by atoms with Crippen molar-refractivity contribution in [3.63, 3.8) is 0 Å². The number of carbonyl (C=O) groups excluding carboxylic acids is 1. The Kier molecular flexibility index (Phi) is 5.35. The van der Waals surface area contributed by atoms with Gasteiger partial charge in [-0.3, -0.25) is 9.00 Å². The second kappa shape index (κ2) is 6.30. The molecule has 1 aromatic carbocycles. The minimum atomic E-state index is -1.21. The van der Waals surface area contributed by atoms with Crippen LogP contribution in [0.3, 0.4) is 0 Å². The number of rotatable bonds is 5. The molecular formula is C12H15BrO2S. The van der Waals surface area contributed by atoms with E-state index >= 15 is 0 Å². The van der Waals surface area contributed by atoms with Gasteiger partial charge in [-0.25, -0.2) is 0 Å². The smallest absolute Gasteiger partial charge is 0.148 e. The third kappa shape index (κ3) is 3.83. The number of benzene rings is 1. The molecule has 88 valence electrons. The van der Waals surface area contributed by atoms with Gasteiger partial charge >= 0.3 is 0 Å². The first-order valence-corrected chi connectivity index (χ1v) is 7.32. The van der Waals surface area contributed by atoms with Crippen molar-refractivity contribution in [3.05, 3.63) is 28.7 Å². The van der Waals surface area contributed by atoms with E-state index in [1.165, 1.54) is 0 Å². The van der Waals surface area contributed by atoms with E-state index in [-0.39, 0.29) is 17.5 Å². The molecule has 2 atom stereocenters. The maximum Gasteiger partial charge on any atom is 0.148 e. The van der Waals surface area contributed by atoms with Gasteiger partial charge in [0, 0.05) is 15.3 Å². The molecule has 0 saturated heterocycles. The zero-order valence-electron chi connectivity index (χ0n) is 9.40. The van der Waals surface area contributed by atoms with Crippen LogP contribution in [0.25, 0.3) is 0 Å². The fourth-order valence-corrected chi connectivity index (χ4v) is 2.58. The zero-order chi connectivity index (χ0) is 12.1. The lowest BCUT2D eigenvalue weighted by atomic mass is 10.1. The molecule has 0 aromatic heterocycles. The van der Waals surface area contributed by atoms with Gasteiger partial charge in [0.25, 0.3) is 0 Å². The van der Waals surface area contributed by atoms with Crippen LogP contribution in [0.1, 0.15) is 20.3 Å². The van der Waals surface area contributed by atoms with Crippen molar-refractivity contribution in [1.29, 1.82) is 0 Å². The summed E-state index contributed by atoms with van der Waals surface area (Å²) in [5, 5.41) is 0. The number of halogens is 1. The Bertz CT molecular complexity index is 387. The summed E-state index contributed by atoms with van der Waals surface area (Å²) >= 11 is 3.31. The van der Waals surface area contributed by atoms with Gasteiger partial charge in [-0.15, -0.1) is 0 Å². The lowest BCUT2D eigenvalue weighted by Gasteiger charge is -2.07. The summed E-state index contributed by atoms with van der Waals surface area (Å²) in [5.74, 6) is 0.194. The molecule has 0 radical (unpaired) electrons. The van der Waals surface area contributed by atoms with Gasteiger partial charge in [-0.05, 0) is 30.7 Å². The maximum atomic E-state index is 11.9. The molecule has 0 bridgehead atoms. The van der Waals surface area contributed by atoms with Crippen LogP contribution in [0.2, 0.25) is 0 Å². The number of hydrogen-bond acceptors (Lipinski definition) is 2. The highest BCUT2D eigenvalue weighted by atomic mass is 79.9. The van der Waals surface area contributed by atoms with Crippen LogP contribution in [0.4, 0.5) is 0 Å². The Balaban J connectivity index is 2.66. The molecule has 0 aliphatic carbocycles. The lowest BCUT2D eigenvalue weighted by Crippen LogP contribution is -2.18. The van der Waals surface area contributed by atoms with Crippen molar-refractivity contribution >= 4 is 32.5 Å². The van der Waals surface area contributed by atoms with Gasteiger partial charge in [0.05, 0.1) is 16.6 Å². The molecule has 1 aromatic rings. The molecule has 0 heterocycles. The molecule has 0 saturated carbocycles. The van der Waals surface area contributed by atoms with Crippen LogP contribution >= 0.6 is 15.9 Å². The van der Waals surface area contributed by atoms with Crippen LogP contribution in [-0.2, 0) is 15.6 Å². The predicted octanol–water partition coefficient (Wildman–Crippen LogP) is 3.17. The third-order valence-corrected chi connectivity index (χ3v) is 4.39. The standard InChI is InChI=1S/C12H15BrO2S/c1-3-9(2)12(14)8-16(15)11-6-4-10(13)5-7-11/h4-7,9H,3,8H2,1-2H3. The molecule has 1 rings (SSSR count). The quantitative estimate of drug-likeness (QED) is 0.837. The van der Waals surface area contributed by atoms with Gasteiger partial charge in [0.15, 0.2) is 0 Å². The molecule has 16 heavy (non-hydrogen) atoms. The molecule has 2 nitrogen and oxygen atoms in total. The van der Waals surface area contributed by atoms with E-state index in [0.29, 0.717) is 4.90 Å². The summed E-state index contributed by atoms with van der Waals surface area (Å²) in [6.45, 7) is 3.84. The summed E-state index contributed by atoms with van der Waals surface area (Å²) in [7, 11) is -1.21. The summed E-state index contributed by atoms with van der Waals surface area (Å²) < 4.78 is 12.8. The lowest BCUT2D eigenvalue weighted by molar-refractivity contribution is -0.119. The Labute approximate surface area is 107 Å². The van der Waals surface area contributed by atoms with Crippen molar-refractivity contribution in [2.45, 2.75) is 25.2 Å². The average molecular weight is 303 g/mol. The average Bonchev–Trinajstić information content (AvgIpc) is 2.28. The number of Topliss-reactive ketones (excluding diaryl/α,β-unsaturated/α-hetero) is 1. The van der Waals surface area contributed by atoms with E-state index in [0.717, 1.165) is 10.9 Å². The van der Waals surface area contributed by atoms with E-state index in [4.69, 9.17) is 0 Å². The van der Waals surface area contributed by atoms with E-state index < -0.39 is 10.8 Å². The Hall–Kier alpha value is -0.480. The SMILES string of the molecule is CCC(C)C(=O)CS(=O)c1ccc(Br)cc1. The molecule has 4 heteroatoms. The molecule has 0 aliphatic heterocycles. The summed E-state index contributed by atoms with van der Waals surface area (Å²) in [6, 6.07) is 7.23. The Morgan fingerprint density at radius 3 is 2.44 bits per heavy atom. The van der Waals surface area contributed by atoms with Crippen molar-refractivity contribution in [3.8, 4) is 0 Å². The first-order chi connectivity index (χ1) is 7.54. The fourth-order valence-electron chi connectivity index (χ4n) is 1.17. The normalized spacial score (nSPS) is 14.4. The largest absolute Gasteiger partial charge is 0.298 e. The number of carbonyl (C=O) groups is 1. The highest BCUT2D eigenvalue weighted by Crippen LogP contribution is 2.14. The Morgan fingerprint density at radius 1 is 1.38 bits per heavy atom. The number of hydrogen-bond donors (Lipinski definition) is 0. The molecule has 0 spiro atoms. The highest BCUT2D eigenvalue weighted by molar-refractivity contribution is 9.10. The van der Waals surface area contributed by atoms with Crippen LogP contribution in [0.15, 0.2) is 33.6 Å². The molecule has 0 aliphatic rings. The third-order valence-electron chi connectivity index (χ3n) is 2.51. The van der Waals surface area contributed by atoms with E-state index in [9.17, 15) is 9.00 Å². The highest BCUT2D eigenvalue weighted by Gasteiger charge is 2.15. The van der Waals surface area contributed by atoms with Crippen LogP contribution < -0.4 is 0 Å². The van der Waals surface area contributed by atoms with Crippen molar-refractivity contribution in [2.75, 3.05) is 5.75 Å². The van der Waals surface area contributed by atoms with E-state index in [1.54, 1.807) is 12.1 Å². The van der Waals surface area contributed by atoms with Crippen LogP contribution in [0.5, 0.6) is 0 Å². The minimum Gasteiger partial charge on any atom is -0.298 e. The summed E-state index contributed by atoms with van der Waals surface area (Å²) in [6.07, 6.45) is 0.802. The van der Waals surface area contributed by atoms with Crippen molar-refractivity contribution in [2.24, 2.45) is 5.92 Å². The topological polar surface area (TPSA) is 34.1 Å². The first kappa shape index (κ1) is 13.6. The summed E-state index contributed by atoms with van der Waals surface area (Å²) in [4.78, 5) is 12.3. The zero-order valence-corrected chi connectivity index (χ0v) is 11.8.